The van der Waals surface area contributed by atoms with Crippen LogP contribution in [0, 0.1) is 5.92 Å². The van der Waals surface area contributed by atoms with E-state index in [1.165, 1.54) is 13.0 Å². The van der Waals surface area contributed by atoms with Gasteiger partial charge < -0.3 is 34.5 Å². The summed E-state index contributed by atoms with van der Waals surface area (Å²) >= 11 is 0. The van der Waals surface area contributed by atoms with Crippen molar-refractivity contribution in [2.75, 3.05) is 19.6 Å². The molecule has 2 amide bonds. The van der Waals surface area contributed by atoms with Crippen LogP contribution in [0.3, 0.4) is 0 Å². The lowest BCUT2D eigenvalue weighted by atomic mass is 9.57. The van der Waals surface area contributed by atoms with E-state index < -0.39 is 78.5 Å². The Kier molecular flexibility index (Phi) is 8.45. The summed E-state index contributed by atoms with van der Waals surface area (Å²) in [6.07, 6.45) is -1.22. The number of nitrogens with zero attached hydrogens (tertiary/aromatic N) is 2. The Balaban J connectivity index is 1.60. The number of carbonyl (C=O) groups excluding carboxylic acids is 4. The number of amides is 2. The molecule has 41 heavy (non-hydrogen) atoms. The third kappa shape index (κ3) is 6.08. The zero-order chi connectivity index (χ0) is 29.9. The summed E-state index contributed by atoms with van der Waals surface area (Å²) in [4.78, 5) is 67.8. The summed E-state index contributed by atoms with van der Waals surface area (Å²) in [5, 5.41) is 25.3. The van der Waals surface area contributed by atoms with E-state index in [-0.39, 0.29) is 18.0 Å². The van der Waals surface area contributed by atoms with Crippen LogP contribution >= 0.6 is 0 Å². The predicted molar refractivity (Wildman–Crippen MR) is 144 cm³/mol. The first kappa shape index (κ1) is 29.7. The highest BCUT2D eigenvalue weighted by atomic mass is 16.7. The summed E-state index contributed by atoms with van der Waals surface area (Å²) in [5.41, 5.74) is 1.33. The van der Waals surface area contributed by atoms with Crippen LogP contribution in [0.15, 0.2) is 48.5 Å². The lowest BCUT2D eigenvalue weighted by Gasteiger charge is -2.46. The Morgan fingerprint density at radius 3 is 2.17 bits per heavy atom. The van der Waals surface area contributed by atoms with Crippen LogP contribution < -0.4 is 10.6 Å². The molecule has 4 rings (SSSR count). The summed E-state index contributed by atoms with van der Waals surface area (Å²) in [6, 6.07) is 12.6. The van der Waals surface area contributed by atoms with Gasteiger partial charge in [-0.3, -0.25) is 19.2 Å². The molecule has 218 valence electrons. The summed E-state index contributed by atoms with van der Waals surface area (Å²) in [7, 11) is 0. The van der Waals surface area contributed by atoms with E-state index in [9.17, 15) is 34.2 Å². The number of carboxylic acids is 1. The van der Waals surface area contributed by atoms with E-state index in [4.69, 9.17) is 9.31 Å². The fraction of sp³-hybridized carbons (Fsp3) is 0.407. The molecule has 0 radical (unpaired) electrons. The normalized spacial score (nSPS) is 23.6. The van der Waals surface area contributed by atoms with Crippen LogP contribution in [0.25, 0.3) is 11.3 Å². The molecule has 3 atom stereocenters. The Bertz CT molecular complexity index is 1330. The number of pyridine rings is 1. The number of quaternary nitrogens is 1. The van der Waals surface area contributed by atoms with Crippen LogP contribution in [0.5, 0.6) is 0 Å². The van der Waals surface area contributed by atoms with Crippen LogP contribution in [0.4, 0.5) is 0 Å². The summed E-state index contributed by atoms with van der Waals surface area (Å²) in [5.74, 6) is -5.60. The maximum absolute atomic E-state index is 13.6. The molecule has 2 aromatic rings. The van der Waals surface area contributed by atoms with E-state index in [1.807, 2.05) is 44.2 Å². The standard InChI is InChI=1S/C27H33BN4O9/c1-16(2)12-21(28-32(13-22(34)35,14-23(36)40-28)15-24(37)41-28)30-27(39)25(17(3)33)31-26(38)20-11-7-10-19(29-20)18-8-5-4-6-9-18/h4-11,16-17,21,25,33H,12-15H2,1-3H3,(H,30,39)(H,31,38)(H,34,35)/t17-,21-,25-,28?,32?/m0/s1. The zero-order valence-electron chi connectivity index (χ0n) is 23.0. The second-order valence-electron chi connectivity index (χ2n) is 11.0. The average Bonchev–Trinajstić information content (AvgIpc) is 3.31. The largest absolute Gasteiger partial charge is 0.606 e. The van der Waals surface area contributed by atoms with Gasteiger partial charge in [-0.15, -0.1) is 0 Å². The lowest BCUT2D eigenvalue weighted by Crippen LogP contribution is -2.74. The number of fused-ring (bicyclic) bond motifs is 1. The molecule has 0 spiro atoms. The second-order valence-corrected chi connectivity index (χ2v) is 11.0. The minimum absolute atomic E-state index is 0.0120. The summed E-state index contributed by atoms with van der Waals surface area (Å²) in [6.45, 7) is 0.485. The van der Waals surface area contributed by atoms with Crippen molar-refractivity contribution in [2.45, 2.75) is 45.3 Å². The van der Waals surface area contributed by atoms with Gasteiger partial charge in [-0.25, -0.2) is 9.78 Å². The number of rotatable bonds is 11. The number of carbonyl (C=O) groups is 5. The highest BCUT2D eigenvalue weighted by Crippen LogP contribution is 2.39. The van der Waals surface area contributed by atoms with Crippen molar-refractivity contribution in [1.82, 2.24) is 15.6 Å². The second kappa shape index (κ2) is 11.7. The van der Waals surface area contributed by atoms with Gasteiger partial charge in [-0.2, -0.15) is 0 Å². The number of hydrogen-bond acceptors (Lipinski definition) is 9. The van der Waals surface area contributed by atoms with E-state index in [1.54, 1.807) is 12.1 Å². The van der Waals surface area contributed by atoms with Gasteiger partial charge in [0.15, 0.2) is 0 Å². The molecule has 3 heterocycles. The van der Waals surface area contributed by atoms with E-state index in [2.05, 4.69) is 15.6 Å². The molecular weight excluding hydrogens is 535 g/mol. The van der Waals surface area contributed by atoms with E-state index in [0.29, 0.717) is 5.69 Å². The third-order valence-corrected chi connectivity index (χ3v) is 7.37. The number of aliphatic hydroxyl groups excluding tert-OH is 1. The molecule has 13 nitrogen and oxygen atoms in total. The molecule has 1 aromatic heterocycles. The minimum atomic E-state index is -3.01. The average molecular weight is 568 g/mol. The fourth-order valence-corrected chi connectivity index (χ4v) is 5.65. The molecule has 0 bridgehead atoms. The smallest absolute Gasteiger partial charge is 0.599 e. The Labute approximate surface area is 236 Å². The van der Waals surface area contributed by atoms with Gasteiger partial charge in [0.1, 0.15) is 31.4 Å². The van der Waals surface area contributed by atoms with Crippen molar-refractivity contribution in [3.8, 4) is 11.3 Å². The van der Waals surface area contributed by atoms with Gasteiger partial charge in [0.25, 0.3) is 5.91 Å². The van der Waals surface area contributed by atoms with Crippen molar-refractivity contribution >= 4 is 36.4 Å². The van der Waals surface area contributed by atoms with Crippen molar-refractivity contribution in [3.05, 3.63) is 54.2 Å². The van der Waals surface area contributed by atoms with Crippen molar-refractivity contribution in [3.63, 3.8) is 0 Å². The molecule has 0 saturated carbocycles. The molecular formula is C27H33BN4O9. The zero-order valence-corrected chi connectivity index (χ0v) is 23.0. The maximum Gasteiger partial charge on any atom is 0.606 e. The van der Waals surface area contributed by atoms with Crippen LogP contribution in [0.1, 0.15) is 37.7 Å². The third-order valence-electron chi connectivity index (χ3n) is 7.37. The van der Waals surface area contributed by atoms with E-state index in [0.717, 1.165) is 5.56 Å². The van der Waals surface area contributed by atoms with Gasteiger partial charge in [-0.1, -0.05) is 50.2 Å². The van der Waals surface area contributed by atoms with Crippen molar-refractivity contribution in [1.29, 1.82) is 0 Å². The van der Waals surface area contributed by atoms with Gasteiger partial charge in [0.05, 0.1) is 17.7 Å². The molecule has 14 heteroatoms. The lowest BCUT2D eigenvalue weighted by molar-refractivity contribution is -0.808. The molecule has 1 aromatic carbocycles. The number of aliphatic hydroxyl groups is 1. The van der Waals surface area contributed by atoms with Gasteiger partial charge in [0.2, 0.25) is 5.91 Å². The Morgan fingerprint density at radius 1 is 0.976 bits per heavy atom. The van der Waals surface area contributed by atoms with E-state index >= 15 is 0 Å². The number of hydrogen-bond donors (Lipinski definition) is 4. The number of nitrogens with one attached hydrogen (secondary N) is 2. The first-order valence-corrected chi connectivity index (χ1v) is 13.3. The molecule has 0 unspecified atom stereocenters. The molecule has 2 aliphatic rings. The number of aliphatic carboxylic acids is 1. The summed E-state index contributed by atoms with van der Waals surface area (Å²) < 4.78 is 10.5. The Morgan fingerprint density at radius 2 is 1.61 bits per heavy atom. The van der Waals surface area contributed by atoms with Crippen molar-refractivity contribution in [2.24, 2.45) is 5.92 Å². The van der Waals surface area contributed by atoms with Gasteiger partial charge in [0, 0.05) is 5.56 Å². The molecule has 2 fully saturated rings. The monoisotopic (exact) mass is 568 g/mol. The van der Waals surface area contributed by atoms with Gasteiger partial charge >= 0.3 is 24.6 Å². The van der Waals surface area contributed by atoms with Crippen LogP contribution in [-0.4, -0.2) is 93.7 Å². The highest BCUT2D eigenvalue weighted by Gasteiger charge is 2.71. The van der Waals surface area contributed by atoms with Crippen molar-refractivity contribution < 1.29 is 47.9 Å². The van der Waals surface area contributed by atoms with Gasteiger partial charge in [-0.05, 0) is 31.4 Å². The quantitative estimate of drug-likeness (QED) is 0.275. The minimum Gasteiger partial charge on any atom is -0.599 e. The van der Waals surface area contributed by atoms with Crippen LogP contribution in [-0.2, 0) is 28.5 Å². The molecule has 2 aliphatic heterocycles. The predicted octanol–water partition coefficient (Wildman–Crippen LogP) is 0.252. The van der Waals surface area contributed by atoms with Crippen LogP contribution in [0.2, 0.25) is 0 Å². The first-order valence-electron chi connectivity index (χ1n) is 13.3. The molecule has 0 aliphatic carbocycles. The maximum atomic E-state index is 13.6. The first-order chi connectivity index (χ1) is 19.4. The molecule has 2 saturated heterocycles. The SMILES string of the molecule is CC(C)C[C@H](NC(=O)[C@@H](NC(=O)c1cccc(-c2ccccc2)n1)[C@H](C)O)[B-]12OC(=O)C[N+]1(CC(=O)O)CC(=O)O2. The Hall–Kier alpha value is -4.30. The molecule has 4 N–H and O–H groups in total. The fourth-order valence-electron chi connectivity index (χ4n) is 5.65. The number of carboxylic acid groups (broad SMARTS) is 1. The topological polar surface area (TPSA) is 181 Å². The highest BCUT2D eigenvalue weighted by molar-refractivity contribution is 6.68. The number of aromatic nitrogens is 1. The number of benzene rings is 1.